The molecular weight excluding hydrogens is 478 g/mol. The molecule has 0 bridgehead atoms. The Labute approximate surface area is 225 Å². The maximum Gasteiger partial charge on any atom is 0.305 e. The molecule has 0 aliphatic carbocycles. The number of rotatable bonds is 16. The van der Waals surface area contributed by atoms with Gasteiger partial charge in [-0.2, -0.15) is 0 Å². The number of carbonyl (C=O) groups excluding carboxylic acids is 1. The number of pyridine rings is 1. The SMILES string of the molecule is CCOC(=O)CCCCCNCc1c(CNc2ccc(C(=N)N)cc2)cnc(C)c1OCc1ccccc1. The zero-order valence-corrected chi connectivity index (χ0v) is 22.4. The standard InChI is InChI=1S/C30H39N5O3/c1-3-37-28(36)12-8-5-9-17-33-20-27-25(19-35-26-15-13-24(14-16-26)30(31)32)18-34-22(2)29(27)38-21-23-10-6-4-7-11-23/h4,6-7,10-11,13-16,18,33,35H,3,5,8-9,12,17,19-21H2,1-2H3,(H3,31,32). The fourth-order valence-electron chi connectivity index (χ4n) is 4.05. The summed E-state index contributed by atoms with van der Waals surface area (Å²) in [6, 6.07) is 17.6. The van der Waals surface area contributed by atoms with Crippen molar-refractivity contribution in [1.82, 2.24) is 10.3 Å². The van der Waals surface area contributed by atoms with E-state index in [9.17, 15) is 4.79 Å². The number of nitrogen functional groups attached to an aromatic ring is 1. The van der Waals surface area contributed by atoms with Crippen LogP contribution in [0.5, 0.6) is 5.75 Å². The minimum atomic E-state index is -0.124. The molecule has 0 aliphatic rings. The number of hydrogen-bond acceptors (Lipinski definition) is 7. The minimum Gasteiger partial charge on any atom is -0.487 e. The number of ether oxygens (including phenoxy) is 2. The lowest BCUT2D eigenvalue weighted by Crippen LogP contribution is -2.19. The maximum absolute atomic E-state index is 11.5. The van der Waals surface area contributed by atoms with Crippen LogP contribution in [-0.2, 0) is 29.2 Å². The fraction of sp³-hybridized carbons (Fsp3) is 0.367. The number of hydrogen-bond donors (Lipinski definition) is 4. The second kappa shape index (κ2) is 15.4. The molecule has 0 fully saturated rings. The molecular formula is C30H39N5O3. The number of nitrogens with two attached hydrogens (primary N) is 1. The lowest BCUT2D eigenvalue weighted by molar-refractivity contribution is -0.143. The predicted molar refractivity (Wildman–Crippen MR) is 151 cm³/mol. The summed E-state index contributed by atoms with van der Waals surface area (Å²) >= 11 is 0. The molecule has 3 rings (SSSR count). The number of aryl methyl sites for hydroxylation is 1. The van der Waals surface area contributed by atoms with Gasteiger partial charge in [0, 0.05) is 42.5 Å². The Morgan fingerprint density at radius 3 is 2.50 bits per heavy atom. The largest absolute Gasteiger partial charge is 0.487 e. The third-order valence-electron chi connectivity index (χ3n) is 6.15. The molecule has 0 spiro atoms. The first-order chi connectivity index (χ1) is 18.5. The van der Waals surface area contributed by atoms with Crippen LogP contribution in [0.25, 0.3) is 0 Å². The number of nitrogens with one attached hydrogen (secondary N) is 3. The summed E-state index contributed by atoms with van der Waals surface area (Å²) in [5.74, 6) is 0.727. The Hall–Kier alpha value is -3.91. The third kappa shape index (κ3) is 9.19. The van der Waals surface area contributed by atoms with Gasteiger partial charge in [-0.3, -0.25) is 15.2 Å². The molecule has 1 aromatic heterocycles. The van der Waals surface area contributed by atoms with Crippen LogP contribution in [-0.4, -0.2) is 29.9 Å². The van der Waals surface area contributed by atoms with E-state index >= 15 is 0 Å². The molecule has 38 heavy (non-hydrogen) atoms. The average molecular weight is 518 g/mol. The van der Waals surface area contributed by atoms with Crippen LogP contribution in [0.1, 0.15) is 60.6 Å². The summed E-state index contributed by atoms with van der Waals surface area (Å²) in [7, 11) is 0. The molecule has 0 saturated carbocycles. The first-order valence-electron chi connectivity index (χ1n) is 13.2. The predicted octanol–water partition coefficient (Wildman–Crippen LogP) is 5.08. The summed E-state index contributed by atoms with van der Waals surface area (Å²) in [6.45, 7) is 6.75. The van der Waals surface area contributed by atoms with Crippen molar-refractivity contribution in [2.24, 2.45) is 5.73 Å². The van der Waals surface area contributed by atoms with E-state index in [1.165, 1.54) is 0 Å². The number of unbranched alkanes of at least 4 members (excludes halogenated alkanes) is 2. The molecule has 8 heteroatoms. The Morgan fingerprint density at radius 2 is 1.79 bits per heavy atom. The molecule has 1 heterocycles. The smallest absolute Gasteiger partial charge is 0.305 e. The molecule has 202 valence electrons. The van der Waals surface area contributed by atoms with Crippen molar-refractivity contribution in [3.8, 4) is 5.75 Å². The Morgan fingerprint density at radius 1 is 1.03 bits per heavy atom. The van der Waals surface area contributed by atoms with Crippen LogP contribution in [0.2, 0.25) is 0 Å². The van der Waals surface area contributed by atoms with Gasteiger partial charge in [-0.05, 0) is 68.6 Å². The molecule has 0 atom stereocenters. The van der Waals surface area contributed by atoms with Gasteiger partial charge in [0.15, 0.2) is 0 Å². The maximum atomic E-state index is 11.5. The fourth-order valence-corrected chi connectivity index (χ4v) is 4.05. The van der Waals surface area contributed by atoms with E-state index < -0.39 is 0 Å². The van der Waals surface area contributed by atoms with Gasteiger partial charge < -0.3 is 25.8 Å². The van der Waals surface area contributed by atoms with Crippen molar-refractivity contribution in [1.29, 1.82) is 5.41 Å². The highest BCUT2D eigenvalue weighted by Gasteiger charge is 2.15. The molecule has 0 saturated heterocycles. The van der Waals surface area contributed by atoms with E-state index in [-0.39, 0.29) is 11.8 Å². The average Bonchev–Trinajstić information content (AvgIpc) is 2.92. The summed E-state index contributed by atoms with van der Waals surface area (Å²) < 4.78 is 11.3. The Kier molecular flexibility index (Phi) is 11.6. The number of amidine groups is 1. The van der Waals surface area contributed by atoms with E-state index in [1.807, 2.05) is 74.6 Å². The van der Waals surface area contributed by atoms with Crippen LogP contribution < -0.4 is 21.1 Å². The van der Waals surface area contributed by atoms with E-state index in [2.05, 4.69) is 15.6 Å². The molecule has 3 aromatic rings. The highest BCUT2D eigenvalue weighted by molar-refractivity contribution is 5.95. The molecule has 5 N–H and O–H groups in total. The third-order valence-corrected chi connectivity index (χ3v) is 6.15. The topological polar surface area (TPSA) is 122 Å². The van der Waals surface area contributed by atoms with Gasteiger partial charge in [-0.1, -0.05) is 36.8 Å². The van der Waals surface area contributed by atoms with Gasteiger partial charge in [0.2, 0.25) is 0 Å². The first kappa shape index (κ1) is 28.7. The summed E-state index contributed by atoms with van der Waals surface area (Å²) in [6.07, 6.45) is 5.14. The molecule has 0 radical (unpaired) electrons. The second-order valence-corrected chi connectivity index (χ2v) is 9.09. The van der Waals surface area contributed by atoms with Crippen molar-refractivity contribution in [3.63, 3.8) is 0 Å². The number of anilines is 1. The molecule has 0 aliphatic heterocycles. The number of benzene rings is 2. The van der Waals surface area contributed by atoms with Crippen LogP contribution in [0, 0.1) is 12.3 Å². The molecule has 2 aromatic carbocycles. The van der Waals surface area contributed by atoms with Gasteiger partial charge >= 0.3 is 5.97 Å². The Balaban J connectivity index is 1.66. The summed E-state index contributed by atoms with van der Waals surface area (Å²) in [4.78, 5) is 16.1. The van der Waals surface area contributed by atoms with E-state index in [1.54, 1.807) is 0 Å². The lowest BCUT2D eigenvalue weighted by Gasteiger charge is -2.19. The highest BCUT2D eigenvalue weighted by atomic mass is 16.5. The van der Waals surface area contributed by atoms with Gasteiger partial charge in [-0.25, -0.2) is 0 Å². The van der Waals surface area contributed by atoms with Gasteiger partial charge in [0.05, 0.1) is 12.3 Å². The van der Waals surface area contributed by atoms with Crippen LogP contribution in [0.15, 0.2) is 60.8 Å². The quantitative estimate of drug-likeness (QED) is 0.0905. The van der Waals surface area contributed by atoms with Crippen LogP contribution >= 0.6 is 0 Å². The minimum absolute atomic E-state index is 0.0498. The van der Waals surface area contributed by atoms with Crippen molar-refractivity contribution in [2.75, 3.05) is 18.5 Å². The van der Waals surface area contributed by atoms with E-state index in [4.69, 9.17) is 20.6 Å². The lowest BCUT2D eigenvalue weighted by atomic mass is 10.1. The first-order valence-corrected chi connectivity index (χ1v) is 13.2. The summed E-state index contributed by atoms with van der Waals surface area (Å²) in [5, 5.41) is 14.6. The van der Waals surface area contributed by atoms with Crippen molar-refractivity contribution < 1.29 is 14.3 Å². The van der Waals surface area contributed by atoms with Gasteiger partial charge in [0.1, 0.15) is 18.2 Å². The zero-order chi connectivity index (χ0) is 27.2. The summed E-state index contributed by atoms with van der Waals surface area (Å²) in [5.41, 5.74) is 11.3. The Bertz CT molecular complexity index is 1170. The zero-order valence-electron chi connectivity index (χ0n) is 22.4. The highest BCUT2D eigenvalue weighted by Crippen LogP contribution is 2.27. The molecule has 0 amide bonds. The van der Waals surface area contributed by atoms with E-state index in [0.29, 0.717) is 38.3 Å². The van der Waals surface area contributed by atoms with Crippen molar-refractivity contribution in [3.05, 3.63) is 88.7 Å². The van der Waals surface area contributed by atoms with Crippen LogP contribution in [0.4, 0.5) is 5.69 Å². The normalized spacial score (nSPS) is 10.7. The van der Waals surface area contributed by atoms with Crippen molar-refractivity contribution in [2.45, 2.75) is 59.2 Å². The number of aromatic nitrogens is 1. The molecule has 8 nitrogen and oxygen atoms in total. The number of nitrogens with zero attached hydrogens (tertiary/aromatic N) is 1. The monoisotopic (exact) mass is 517 g/mol. The number of esters is 1. The van der Waals surface area contributed by atoms with Crippen LogP contribution in [0.3, 0.4) is 0 Å². The van der Waals surface area contributed by atoms with Gasteiger partial charge in [-0.15, -0.1) is 0 Å². The number of carbonyl (C=O) groups is 1. The van der Waals surface area contributed by atoms with Gasteiger partial charge in [0.25, 0.3) is 0 Å². The van der Waals surface area contributed by atoms with Crippen molar-refractivity contribution >= 4 is 17.5 Å². The van der Waals surface area contributed by atoms with E-state index in [0.717, 1.165) is 59.6 Å². The second-order valence-electron chi connectivity index (χ2n) is 9.09. The molecule has 0 unspecified atom stereocenters.